The molecular formula is C15H16N4O. The van der Waals surface area contributed by atoms with Gasteiger partial charge in [-0.25, -0.2) is 4.98 Å². The van der Waals surface area contributed by atoms with E-state index in [1.165, 1.54) is 0 Å². The van der Waals surface area contributed by atoms with E-state index in [4.69, 9.17) is 5.73 Å². The van der Waals surface area contributed by atoms with Crippen molar-refractivity contribution in [2.75, 3.05) is 5.73 Å². The van der Waals surface area contributed by atoms with E-state index in [-0.39, 0.29) is 5.91 Å². The summed E-state index contributed by atoms with van der Waals surface area (Å²) in [5.74, 6) is 0.678. The molecule has 20 heavy (non-hydrogen) atoms. The monoisotopic (exact) mass is 268 g/mol. The Kier molecular flexibility index (Phi) is 2.82. The molecule has 5 nitrogen and oxygen atoms in total. The summed E-state index contributed by atoms with van der Waals surface area (Å²) in [6.07, 6.45) is 2.20. The number of carbonyl (C=O) groups is 1. The van der Waals surface area contributed by atoms with Crippen LogP contribution < -0.4 is 5.73 Å². The lowest BCUT2D eigenvalue weighted by Crippen LogP contribution is -2.14. The molecule has 0 aliphatic carbocycles. The van der Waals surface area contributed by atoms with Gasteiger partial charge in [0, 0.05) is 17.6 Å². The number of aryl methyl sites for hydroxylation is 2. The maximum Gasteiger partial charge on any atom is 0.237 e. The van der Waals surface area contributed by atoms with Crippen LogP contribution in [0.25, 0.3) is 11.0 Å². The topological polar surface area (TPSA) is 76.7 Å². The van der Waals surface area contributed by atoms with Crippen molar-refractivity contribution in [3.63, 3.8) is 0 Å². The van der Waals surface area contributed by atoms with Crippen molar-refractivity contribution >= 4 is 22.6 Å². The molecule has 0 spiro atoms. The zero-order valence-electron chi connectivity index (χ0n) is 11.5. The summed E-state index contributed by atoms with van der Waals surface area (Å²) in [5.41, 5.74) is 10.00. The van der Waals surface area contributed by atoms with Gasteiger partial charge in [0.2, 0.25) is 5.91 Å². The van der Waals surface area contributed by atoms with Crippen LogP contribution in [-0.2, 0) is 6.42 Å². The number of hydrogen-bond acceptors (Lipinski definition) is 3. The van der Waals surface area contributed by atoms with Gasteiger partial charge in [0.15, 0.2) is 0 Å². The van der Waals surface area contributed by atoms with E-state index in [1.807, 2.05) is 32.2 Å². The fourth-order valence-corrected chi connectivity index (χ4v) is 2.45. The fourth-order valence-electron chi connectivity index (χ4n) is 2.45. The number of anilines is 1. The molecule has 0 saturated heterocycles. The Labute approximate surface area is 116 Å². The highest BCUT2D eigenvalue weighted by atomic mass is 16.2. The summed E-state index contributed by atoms with van der Waals surface area (Å²) < 4.78 is 1.63. The van der Waals surface area contributed by atoms with E-state index in [0.717, 1.165) is 22.3 Å². The van der Waals surface area contributed by atoms with Gasteiger partial charge in [-0.05, 0) is 43.7 Å². The summed E-state index contributed by atoms with van der Waals surface area (Å²) in [7, 11) is 0. The van der Waals surface area contributed by atoms with Crippen LogP contribution >= 0.6 is 0 Å². The number of nitrogens with two attached hydrogens (primary N) is 1. The Balaban J connectivity index is 2.02. The van der Waals surface area contributed by atoms with Crippen LogP contribution in [0.4, 0.5) is 5.69 Å². The maximum absolute atomic E-state index is 12.5. The Hall–Kier alpha value is -2.56. The number of rotatable bonds is 2. The smallest absolute Gasteiger partial charge is 0.237 e. The summed E-state index contributed by atoms with van der Waals surface area (Å²) in [6.45, 7) is 3.79. The number of imidazole rings is 1. The number of benzene rings is 1. The minimum atomic E-state index is -0.00500. The third-order valence-electron chi connectivity index (χ3n) is 3.34. The number of H-pyrrole nitrogens is 1. The molecule has 2 aromatic heterocycles. The summed E-state index contributed by atoms with van der Waals surface area (Å²) in [5, 5.41) is 0. The molecule has 3 rings (SSSR count). The average Bonchev–Trinajstić information content (AvgIpc) is 2.91. The third-order valence-corrected chi connectivity index (χ3v) is 3.34. The number of hydrogen-bond donors (Lipinski definition) is 2. The zero-order chi connectivity index (χ0) is 14.3. The van der Waals surface area contributed by atoms with Crippen molar-refractivity contribution in [3.05, 3.63) is 47.5 Å². The van der Waals surface area contributed by atoms with Crippen LogP contribution in [-0.4, -0.2) is 20.4 Å². The molecule has 2 heterocycles. The van der Waals surface area contributed by atoms with Crippen molar-refractivity contribution in [1.82, 2.24) is 14.5 Å². The normalized spacial score (nSPS) is 11.1. The average molecular weight is 268 g/mol. The second-order valence-corrected chi connectivity index (χ2v) is 5.00. The van der Waals surface area contributed by atoms with Crippen LogP contribution in [0.1, 0.15) is 21.9 Å². The molecule has 0 radical (unpaired) electrons. The predicted molar refractivity (Wildman–Crippen MR) is 78.7 cm³/mol. The highest BCUT2D eigenvalue weighted by Gasteiger charge is 2.15. The maximum atomic E-state index is 12.5. The lowest BCUT2D eigenvalue weighted by atomic mass is 10.2. The first kappa shape index (κ1) is 12.5. The zero-order valence-corrected chi connectivity index (χ0v) is 11.5. The number of nitrogens with zero attached hydrogens (tertiary/aromatic N) is 2. The van der Waals surface area contributed by atoms with E-state index in [9.17, 15) is 4.79 Å². The Bertz CT molecular complexity index is 797. The lowest BCUT2D eigenvalue weighted by molar-refractivity contribution is 0.0916. The minimum absolute atomic E-state index is 0.00500. The van der Waals surface area contributed by atoms with Gasteiger partial charge in [-0.15, -0.1) is 0 Å². The summed E-state index contributed by atoms with van der Waals surface area (Å²) in [6, 6.07) is 7.39. The van der Waals surface area contributed by atoms with Gasteiger partial charge in [0.05, 0.1) is 17.5 Å². The second-order valence-electron chi connectivity index (χ2n) is 5.00. The molecule has 0 fully saturated rings. The summed E-state index contributed by atoms with van der Waals surface area (Å²) in [4.78, 5) is 20.0. The van der Waals surface area contributed by atoms with Crippen LogP contribution in [0.2, 0.25) is 0 Å². The van der Waals surface area contributed by atoms with Gasteiger partial charge in [0.25, 0.3) is 0 Å². The molecule has 0 aliphatic rings. The molecular weight excluding hydrogens is 252 g/mol. The molecule has 102 valence electrons. The minimum Gasteiger partial charge on any atom is -0.399 e. The standard InChI is InChI=1S/C15H16N4O/c1-9-5-11(8-17-9)6-15(20)19-10(2)18-13-4-3-12(16)7-14(13)19/h3-5,7-8,17H,6,16H2,1-2H3. The number of nitrogen functional groups attached to an aromatic ring is 1. The van der Waals surface area contributed by atoms with Crippen LogP contribution in [0.15, 0.2) is 30.5 Å². The number of aromatic amines is 1. The number of fused-ring (bicyclic) bond motifs is 1. The van der Waals surface area contributed by atoms with Crippen molar-refractivity contribution in [2.24, 2.45) is 0 Å². The van der Waals surface area contributed by atoms with Gasteiger partial charge in [-0.3, -0.25) is 9.36 Å². The van der Waals surface area contributed by atoms with Crippen LogP contribution in [0.5, 0.6) is 0 Å². The highest BCUT2D eigenvalue weighted by Crippen LogP contribution is 2.19. The highest BCUT2D eigenvalue weighted by molar-refractivity contribution is 5.93. The van der Waals surface area contributed by atoms with Gasteiger partial charge in [-0.1, -0.05) is 0 Å². The first-order valence-electron chi connectivity index (χ1n) is 6.46. The molecule has 3 aromatic rings. The molecule has 0 unspecified atom stereocenters. The number of aromatic nitrogens is 3. The number of nitrogens with one attached hydrogen (secondary N) is 1. The lowest BCUT2D eigenvalue weighted by Gasteiger charge is -2.04. The van der Waals surface area contributed by atoms with E-state index in [2.05, 4.69) is 9.97 Å². The van der Waals surface area contributed by atoms with Crippen molar-refractivity contribution in [2.45, 2.75) is 20.3 Å². The molecule has 0 saturated carbocycles. The van der Waals surface area contributed by atoms with E-state index < -0.39 is 0 Å². The third kappa shape index (κ3) is 2.07. The summed E-state index contributed by atoms with van der Waals surface area (Å²) >= 11 is 0. The van der Waals surface area contributed by atoms with Crippen molar-refractivity contribution < 1.29 is 4.79 Å². The molecule has 3 N–H and O–H groups in total. The molecule has 0 atom stereocenters. The first-order chi connectivity index (χ1) is 9.54. The Morgan fingerprint density at radius 3 is 2.85 bits per heavy atom. The Morgan fingerprint density at radius 2 is 2.15 bits per heavy atom. The Morgan fingerprint density at radius 1 is 1.35 bits per heavy atom. The fraction of sp³-hybridized carbons (Fsp3) is 0.200. The van der Waals surface area contributed by atoms with Gasteiger partial charge < -0.3 is 10.7 Å². The molecule has 1 aromatic carbocycles. The molecule has 5 heteroatoms. The van der Waals surface area contributed by atoms with E-state index in [0.29, 0.717) is 17.9 Å². The SMILES string of the molecule is Cc1cc(CC(=O)n2c(C)nc3ccc(N)cc32)c[nH]1. The van der Waals surface area contributed by atoms with Crippen LogP contribution in [0, 0.1) is 13.8 Å². The largest absolute Gasteiger partial charge is 0.399 e. The molecule has 0 aliphatic heterocycles. The van der Waals surface area contributed by atoms with Crippen molar-refractivity contribution in [3.8, 4) is 0 Å². The quantitative estimate of drug-likeness (QED) is 0.701. The van der Waals surface area contributed by atoms with Crippen LogP contribution in [0.3, 0.4) is 0 Å². The second kappa shape index (κ2) is 4.52. The van der Waals surface area contributed by atoms with Crippen molar-refractivity contribution in [1.29, 1.82) is 0 Å². The predicted octanol–water partition coefficient (Wildman–Crippen LogP) is 2.45. The van der Waals surface area contributed by atoms with Gasteiger partial charge >= 0.3 is 0 Å². The van der Waals surface area contributed by atoms with E-state index >= 15 is 0 Å². The van der Waals surface area contributed by atoms with E-state index in [1.54, 1.807) is 16.7 Å². The first-order valence-corrected chi connectivity index (χ1v) is 6.46. The van der Waals surface area contributed by atoms with Gasteiger partial charge in [0.1, 0.15) is 5.82 Å². The molecule has 0 bridgehead atoms. The number of carbonyl (C=O) groups excluding carboxylic acids is 1. The van der Waals surface area contributed by atoms with Gasteiger partial charge in [-0.2, -0.15) is 0 Å². The molecule has 0 amide bonds.